The van der Waals surface area contributed by atoms with Crippen LogP contribution in [0, 0.1) is 0 Å². The fourth-order valence-corrected chi connectivity index (χ4v) is 3.02. The summed E-state index contributed by atoms with van der Waals surface area (Å²) in [4.78, 5) is 0. The molecule has 84 valence electrons. The summed E-state index contributed by atoms with van der Waals surface area (Å²) in [6, 6.07) is 0.662. The van der Waals surface area contributed by atoms with Gasteiger partial charge in [-0.25, -0.2) is 0 Å². The normalized spacial score (nSPS) is 17.9. The van der Waals surface area contributed by atoms with Crippen molar-refractivity contribution in [1.29, 1.82) is 0 Å². The van der Waals surface area contributed by atoms with E-state index in [9.17, 15) is 0 Å². The van der Waals surface area contributed by atoms with Gasteiger partial charge in [-0.2, -0.15) is 5.10 Å². The Morgan fingerprint density at radius 1 is 1.47 bits per heavy atom. The molecule has 1 fully saturated rings. The average molecular weight is 271 g/mol. The SMILES string of the molecule is CC(C)c1c(CBr)cnn1C1CCCC1. The van der Waals surface area contributed by atoms with E-state index < -0.39 is 0 Å². The van der Waals surface area contributed by atoms with Crippen molar-refractivity contribution in [1.82, 2.24) is 9.78 Å². The standard InChI is InChI=1S/C12H19BrN2/c1-9(2)12-10(7-13)8-14-15(12)11-5-3-4-6-11/h8-9,11H,3-7H2,1-2H3. The van der Waals surface area contributed by atoms with Crippen LogP contribution in [0.3, 0.4) is 0 Å². The van der Waals surface area contributed by atoms with Gasteiger partial charge in [-0.15, -0.1) is 0 Å². The van der Waals surface area contributed by atoms with Crippen LogP contribution < -0.4 is 0 Å². The minimum absolute atomic E-state index is 0.570. The number of hydrogen-bond acceptors (Lipinski definition) is 1. The van der Waals surface area contributed by atoms with Crippen molar-refractivity contribution < 1.29 is 0 Å². The lowest BCUT2D eigenvalue weighted by Crippen LogP contribution is -2.12. The second-order valence-corrected chi connectivity index (χ2v) is 5.29. The molecule has 2 nitrogen and oxygen atoms in total. The third-order valence-corrected chi connectivity index (χ3v) is 3.88. The Kier molecular flexibility index (Phi) is 3.49. The fourth-order valence-electron chi connectivity index (χ4n) is 2.59. The maximum atomic E-state index is 4.58. The molecule has 1 saturated carbocycles. The third-order valence-electron chi connectivity index (χ3n) is 3.28. The first-order valence-electron chi connectivity index (χ1n) is 5.86. The Labute approximate surface area is 100 Å². The predicted octanol–water partition coefficient (Wildman–Crippen LogP) is 4.02. The van der Waals surface area contributed by atoms with Gasteiger partial charge in [0.25, 0.3) is 0 Å². The maximum Gasteiger partial charge on any atom is 0.0533 e. The lowest BCUT2D eigenvalue weighted by Gasteiger charge is -2.17. The molecule has 0 aliphatic heterocycles. The van der Waals surface area contributed by atoms with E-state index in [0.717, 1.165) is 5.33 Å². The van der Waals surface area contributed by atoms with Gasteiger partial charge in [-0.3, -0.25) is 4.68 Å². The fraction of sp³-hybridized carbons (Fsp3) is 0.750. The molecule has 1 aliphatic carbocycles. The molecule has 2 rings (SSSR count). The van der Waals surface area contributed by atoms with E-state index in [2.05, 4.69) is 39.6 Å². The molecule has 0 unspecified atom stereocenters. The molecule has 0 amide bonds. The van der Waals surface area contributed by atoms with Crippen molar-refractivity contribution in [2.45, 2.75) is 56.8 Å². The molecular formula is C12H19BrN2. The van der Waals surface area contributed by atoms with Gasteiger partial charge in [0.15, 0.2) is 0 Å². The summed E-state index contributed by atoms with van der Waals surface area (Å²) in [6.45, 7) is 4.52. The van der Waals surface area contributed by atoms with Crippen molar-refractivity contribution in [3.05, 3.63) is 17.5 Å². The molecular weight excluding hydrogens is 252 g/mol. The van der Waals surface area contributed by atoms with Crippen LogP contribution in [0.15, 0.2) is 6.20 Å². The van der Waals surface area contributed by atoms with Crippen molar-refractivity contribution in [2.75, 3.05) is 0 Å². The van der Waals surface area contributed by atoms with E-state index in [-0.39, 0.29) is 0 Å². The number of nitrogens with zero attached hydrogens (tertiary/aromatic N) is 2. The van der Waals surface area contributed by atoms with Gasteiger partial charge in [0.2, 0.25) is 0 Å². The minimum Gasteiger partial charge on any atom is -0.266 e. The smallest absolute Gasteiger partial charge is 0.0533 e. The molecule has 3 heteroatoms. The first-order chi connectivity index (χ1) is 7.24. The second-order valence-electron chi connectivity index (χ2n) is 4.73. The highest BCUT2D eigenvalue weighted by atomic mass is 79.9. The van der Waals surface area contributed by atoms with E-state index >= 15 is 0 Å². The molecule has 15 heavy (non-hydrogen) atoms. The number of aromatic nitrogens is 2. The average Bonchev–Trinajstić information content (AvgIpc) is 2.85. The predicted molar refractivity (Wildman–Crippen MR) is 66.5 cm³/mol. The number of alkyl halides is 1. The second kappa shape index (κ2) is 4.69. The third kappa shape index (κ3) is 2.12. The Morgan fingerprint density at radius 3 is 2.67 bits per heavy atom. The summed E-state index contributed by atoms with van der Waals surface area (Å²) in [6.07, 6.45) is 7.38. The van der Waals surface area contributed by atoms with E-state index in [1.165, 1.54) is 36.9 Å². The maximum absolute atomic E-state index is 4.58. The zero-order valence-electron chi connectivity index (χ0n) is 9.54. The number of rotatable bonds is 3. The van der Waals surface area contributed by atoms with Gasteiger partial charge < -0.3 is 0 Å². The Hall–Kier alpha value is -0.310. The van der Waals surface area contributed by atoms with Gasteiger partial charge in [-0.1, -0.05) is 42.6 Å². The van der Waals surface area contributed by atoms with Gasteiger partial charge in [0.05, 0.1) is 12.2 Å². The van der Waals surface area contributed by atoms with Crippen LogP contribution in [0.1, 0.15) is 62.7 Å². The van der Waals surface area contributed by atoms with Crippen molar-refractivity contribution >= 4 is 15.9 Å². The summed E-state index contributed by atoms with van der Waals surface area (Å²) < 4.78 is 2.29. The first kappa shape index (κ1) is 11.2. The molecule has 0 saturated heterocycles. The summed E-state index contributed by atoms with van der Waals surface area (Å²) in [5.74, 6) is 0.570. The van der Waals surface area contributed by atoms with Crippen LogP contribution in [-0.4, -0.2) is 9.78 Å². The van der Waals surface area contributed by atoms with Gasteiger partial charge in [0, 0.05) is 16.6 Å². The van der Waals surface area contributed by atoms with E-state index in [1.807, 2.05) is 6.20 Å². The van der Waals surface area contributed by atoms with Gasteiger partial charge in [-0.05, 0) is 18.8 Å². The Bertz CT molecular complexity index is 324. The molecule has 1 aliphatic rings. The number of hydrogen-bond donors (Lipinski definition) is 0. The topological polar surface area (TPSA) is 17.8 Å². The molecule has 1 heterocycles. The lowest BCUT2D eigenvalue weighted by molar-refractivity contribution is 0.441. The van der Waals surface area contributed by atoms with Crippen molar-refractivity contribution in [3.8, 4) is 0 Å². The Balaban J connectivity index is 2.33. The Morgan fingerprint density at radius 2 is 2.13 bits per heavy atom. The summed E-state index contributed by atoms with van der Waals surface area (Å²) in [7, 11) is 0. The van der Waals surface area contributed by atoms with E-state index in [0.29, 0.717) is 12.0 Å². The highest BCUT2D eigenvalue weighted by Gasteiger charge is 2.22. The molecule has 1 aromatic heterocycles. The molecule has 0 bridgehead atoms. The zero-order valence-corrected chi connectivity index (χ0v) is 11.1. The molecule has 0 spiro atoms. The lowest BCUT2D eigenvalue weighted by atomic mass is 10.1. The molecule has 0 radical (unpaired) electrons. The van der Waals surface area contributed by atoms with Crippen molar-refractivity contribution in [3.63, 3.8) is 0 Å². The van der Waals surface area contributed by atoms with Crippen LogP contribution in [0.2, 0.25) is 0 Å². The van der Waals surface area contributed by atoms with Crippen LogP contribution in [0.4, 0.5) is 0 Å². The van der Waals surface area contributed by atoms with E-state index in [4.69, 9.17) is 0 Å². The van der Waals surface area contributed by atoms with Crippen LogP contribution in [0.5, 0.6) is 0 Å². The zero-order chi connectivity index (χ0) is 10.8. The van der Waals surface area contributed by atoms with Gasteiger partial charge >= 0.3 is 0 Å². The highest BCUT2D eigenvalue weighted by Crippen LogP contribution is 2.33. The van der Waals surface area contributed by atoms with Crippen molar-refractivity contribution in [2.24, 2.45) is 0 Å². The quantitative estimate of drug-likeness (QED) is 0.759. The summed E-state index contributed by atoms with van der Waals surface area (Å²) in [5.41, 5.74) is 2.79. The molecule has 1 aromatic rings. The molecule has 0 aromatic carbocycles. The van der Waals surface area contributed by atoms with E-state index in [1.54, 1.807) is 0 Å². The summed E-state index contributed by atoms with van der Waals surface area (Å²) >= 11 is 3.55. The first-order valence-corrected chi connectivity index (χ1v) is 6.98. The molecule has 0 atom stereocenters. The number of halogens is 1. The monoisotopic (exact) mass is 270 g/mol. The van der Waals surface area contributed by atoms with Crippen LogP contribution in [0.25, 0.3) is 0 Å². The van der Waals surface area contributed by atoms with Crippen LogP contribution >= 0.6 is 15.9 Å². The molecule has 0 N–H and O–H groups in total. The largest absolute Gasteiger partial charge is 0.266 e. The summed E-state index contributed by atoms with van der Waals surface area (Å²) in [5, 5.41) is 5.50. The highest BCUT2D eigenvalue weighted by molar-refractivity contribution is 9.08. The van der Waals surface area contributed by atoms with Crippen LogP contribution in [-0.2, 0) is 5.33 Å². The van der Waals surface area contributed by atoms with Gasteiger partial charge in [0.1, 0.15) is 0 Å². The minimum atomic E-state index is 0.570.